The van der Waals surface area contributed by atoms with Crippen LogP contribution in [0.2, 0.25) is 5.02 Å². The van der Waals surface area contributed by atoms with Crippen LogP contribution < -0.4 is 0 Å². The standard InChI is InChI=1S/C22H27ClN4O/c1-16-24-13-19(23)20(25-16)21(28)27-10-8-22(9-11-27)12-18(14-26(2)15-22)17-6-4-3-5-7-17/h3-7,13,18H,8-12,14-15H2,1-2H3/t18-/m0/s1. The van der Waals surface area contributed by atoms with Crippen LogP contribution in [0.4, 0.5) is 0 Å². The number of aryl methyl sites for hydroxylation is 1. The highest BCUT2D eigenvalue weighted by atomic mass is 35.5. The number of nitrogens with zero attached hydrogens (tertiary/aromatic N) is 4. The van der Waals surface area contributed by atoms with E-state index < -0.39 is 0 Å². The Morgan fingerprint density at radius 2 is 1.93 bits per heavy atom. The first-order valence-corrected chi connectivity index (χ1v) is 10.4. The first kappa shape index (κ1) is 19.3. The minimum Gasteiger partial charge on any atom is -0.337 e. The molecule has 1 amide bonds. The van der Waals surface area contributed by atoms with E-state index in [1.54, 1.807) is 6.92 Å². The molecule has 6 heteroatoms. The summed E-state index contributed by atoms with van der Waals surface area (Å²) in [4.78, 5) is 25.6. The maximum atomic E-state index is 12.9. The lowest BCUT2D eigenvalue weighted by Crippen LogP contribution is -2.51. The van der Waals surface area contributed by atoms with Crippen molar-refractivity contribution in [1.29, 1.82) is 0 Å². The van der Waals surface area contributed by atoms with Crippen molar-refractivity contribution in [3.63, 3.8) is 0 Å². The minimum absolute atomic E-state index is 0.0749. The topological polar surface area (TPSA) is 49.3 Å². The second-order valence-electron chi connectivity index (χ2n) is 8.41. The SMILES string of the molecule is Cc1ncc(Cl)c(C(=O)N2CCC3(CC2)C[C@H](c2ccccc2)CN(C)C3)n1. The molecule has 0 saturated carbocycles. The number of piperidine rings is 2. The van der Waals surface area contributed by atoms with E-state index in [0.717, 1.165) is 39.0 Å². The van der Waals surface area contributed by atoms with Gasteiger partial charge >= 0.3 is 0 Å². The van der Waals surface area contributed by atoms with E-state index >= 15 is 0 Å². The highest BCUT2D eigenvalue weighted by Gasteiger charge is 2.42. The van der Waals surface area contributed by atoms with Crippen molar-refractivity contribution >= 4 is 17.5 Å². The molecule has 2 saturated heterocycles. The molecule has 148 valence electrons. The number of carbonyl (C=O) groups excluding carboxylic acids is 1. The van der Waals surface area contributed by atoms with E-state index in [1.807, 2.05) is 4.90 Å². The lowest BCUT2D eigenvalue weighted by Gasteiger charge is -2.49. The maximum Gasteiger partial charge on any atom is 0.274 e. The number of halogens is 1. The summed E-state index contributed by atoms with van der Waals surface area (Å²) < 4.78 is 0. The quantitative estimate of drug-likeness (QED) is 0.772. The summed E-state index contributed by atoms with van der Waals surface area (Å²) in [7, 11) is 2.22. The van der Waals surface area contributed by atoms with Crippen molar-refractivity contribution in [2.75, 3.05) is 33.2 Å². The molecule has 5 nitrogen and oxygen atoms in total. The molecule has 3 heterocycles. The Hall–Kier alpha value is -1.98. The van der Waals surface area contributed by atoms with Crippen molar-refractivity contribution in [2.24, 2.45) is 5.41 Å². The molecule has 1 spiro atoms. The average molecular weight is 399 g/mol. The van der Waals surface area contributed by atoms with Crippen molar-refractivity contribution in [3.05, 3.63) is 58.6 Å². The number of likely N-dealkylation sites (tertiary alicyclic amines) is 2. The average Bonchev–Trinajstić information content (AvgIpc) is 2.70. The van der Waals surface area contributed by atoms with Gasteiger partial charge in [0.15, 0.2) is 5.69 Å². The second kappa shape index (κ2) is 7.80. The number of amides is 1. The third-order valence-electron chi connectivity index (χ3n) is 6.27. The molecule has 2 aliphatic rings. The lowest BCUT2D eigenvalue weighted by atomic mass is 9.68. The Bertz CT molecular complexity index is 849. The van der Waals surface area contributed by atoms with Gasteiger partial charge in [-0.15, -0.1) is 0 Å². The highest BCUT2D eigenvalue weighted by molar-refractivity contribution is 6.33. The fraction of sp³-hybridized carbons (Fsp3) is 0.500. The van der Waals surface area contributed by atoms with Gasteiger partial charge in [0.25, 0.3) is 5.91 Å². The fourth-order valence-electron chi connectivity index (χ4n) is 4.92. The van der Waals surface area contributed by atoms with E-state index in [1.165, 1.54) is 18.2 Å². The number of carbonyl (C=O) groups is 1. The van der Waals surface area contributed by atoms with Crippen LogP contribution in [0.15, 0.2) is 36.5 Å². The Morgan fingerprint density at radius 1 is 1.21 bits per heavy atom. The highest BCUT2D eigenvalue weighted by Crippen LogP contribution is 2.44. The van der Waals surface area contributed by atoms with Gasteiger partial charge in [-0.1, -0.05) is 41.9 Å². The van der Waals surface area contributed by atoms with Crippen molar-refractivity contribution in [1.82, 2.24) is 19.8 Å². The van der Waals surface area contributed by atoms with Gasteiger partial charge in [-0.3, -0.25) is 4.79 Å². The van der Waals surface area contributed by atoms with Crippen LogP contribution in [0.1, 0.15) is 47.1 Å². The molecule has 1 aromatic carbocycles. The monoisotopic (exact) mass is 398 g/mol. The van der Waals surface area contributed by atoms with Gasteiger partial charge < -0.3 is 9.80 Å². The molecule has 0 N–H and O–H groups in total. The van der Waals surface area contributed by atoms with Gasteiger partial charge in [0.1, 0.15) is 5.82 Å². The summed E-state index contributed by atoms with van der Waals surface area (Å²) >= 11 is 6.18. The zero-order valence-corrected chi connectivity index (χ0v) is 17.3. The van der Waals surface area contributed by atoms with Crippen LogP contribution in [0.3, 0.4) is 0 Å². The van der Waals surface area contributed by atoms with Gasteiger partial charge in [0.2, 0.25) is 0 Å². The molecule has 28 heavy (non-hydrogen) atoms. The van der Waals surface area contributed by atoms with Gasteiger partial charge in [-0.05, 0) is 50.1 Å². The Labute approximate surface area is 171 Å². The number of likely N-dealkylation sites (N-methyl/N-ethyl adjacent to an activating group) is 1. The summed E-state index contributed by atoms with van der Waals surface area (Å²) in [5, 5.41) is 0.331. The van der Waals surface area contributed by atoms with Gasteiger partial charge in [-0.25, -0.2) is 9.97 Å². The first-order chi connectivity index (χ1) is 13.5. The molecule has 2 aliphatic heterocycles. The number of hydrogen-bond acceptors (Lipinski definition) is 4. The van der Waals surface area contributed by atoms with Gasteiger partial charge in [0, 0.05) is 26.2 Å². The van der Waals surface area contributed by atoms with Crippen LogP contribution in [0.5, 0.6) is 0 Å². The van der Waals surface area contributed by atoms with Crippen LogP contribution in [-0.4, -0.2) is 58.9 Å². The van der Waals surface area contributed by atoms with Crippen LogP contribution in [0.25, 0.3) is 0 Å². The lowest BCUT2D eigenvalue weighted by molar-refractivity contribution is 0.0222. The molecule has 0 aliphatic carbocycles. The van der Waals surface area contributed by atoms with E-state index in [0.29, 0.717) is 22.5 Å². The molecular formula is C22H27ClN4O. The Balaban J connectivity index is 1.46. The Morgan fingerprint density at radius 3 is 2.64 bits per heavy atom. The molecule has 1 atom stereocenters. The predicted octanol–water partition coefficient (Wildman–Crippen LogP) is 3.78. The van der Waals surface area contributed by atoms with E-state index in [9.17, 15) is 4.79 Å². The van der Waals surface area contributed by atoms with Crippen LogP contribution in [-0.2, 0) is 0 Å². The molecule has 2 fully saturated rings. The maximum absolute atomic E-state index is 12.9. The number of benzene rings is 1. The first-order valence-electron chi connectivity index (χ1n) is 9.98. The number of aromatic nitrogens is 2. The van der Waals surface area contributed by atoms with E-state index in [-0.39, 0.29) is 11.3 Å². The van der Waals surface area contributed by atoms with Gasteiger partial charge in [-0.2, -0.15) is 0 Å². The van der Waals surface area contributed by atoms with Crippen LogP contribution in [0, 0.1) is 12.3 Å². The number of hydrogen-bond donors (Lipinski definition) is 0. The summed E-state index contributed by atoms with van der Waals surface area (Å²) in [6.45, 7) is 5.50. The van der Waals surface area contributed by atoms with E-state index in [2.05, 4.69) is 52.2 Å². The third-order valence-corrected chi connectivity index (χ3v) is 6.54. The molecule has 2 aromatic rings. The summed E-state index contributed by atoms with van der Waals surface area (Å²) in [6.07, 6.45) is 4.75. The normalized spacial score (nSPS) is 22.4. The fourth-order valence-corrected chi connectivity index (χ4v) is 5.09. The zero-order chi connectivity index (χ0) is 19.7. The predicted molar refractivity (Wildman–Crippen MR) is 111 cm³/mol. The zero-order valence-electron chi connectivity index (χ0n) is 16.6. The van der Waals surface area contributed by atoms with E-state index in [4.69, 9.17) is 11.6 Å². The molecule has 0 bridgehead atoms. The van der Waals surface area contributed by atoms with Gasteiger partial charge in [0.05, 0.1) is 11.2 Å². The minimum atomic E-state index is -0.0749. The molecular weight excluding hydrogens is 372 g/mol. The van der Waals surface area contributed by atoms with Crippen LogP contribution >= 0.6 is 11.6 Å². The molecule has 0 radical (unpaired) electrons. The molecule has 0 unspecified atom stereocenters. The Kier molecular flexibility index (Phi) is 5.39. The largest absolute Gasteiger partial charge is 0.337 e. The van der Waals surface area contributed by atoms with Crippen molar-refractivity contribution in [2.45, 2.75) is 32.1 Å². The second-order valence-corrected chi connectivity index (χ2v) is 8.82. The third kappa shape index (κ3) is 3.91. The number of rotatable bonds is 2. The molecule has 1 aromatic heterocycles. The smallest absolute Gasteiger partial charge is 0.274 e. The summed E-state index contributed by atoms with van der Waals surface area (Å²) in [5.41, 5.74) is 2.03. The van der Waals surface area contributed by atoms with Crippen molar-refractivity contribution < 1.29 is 4.79 Å². The molecule has 4 rings (SSSR count). The summed E-state index contributed by atoms with van der Waals surface area (Å²) in [6, 6.07) is 10.8. The van der Waals surface area contributed by atoms with Crippen molar-refractivity contribution in [3.8, 4) is 0 Å². The summed E-state index contributed by atoms with van der Waals surface area (Å²) in [5.74, 6) is 1.05.